The van der Waals surface area contributed by atoms with Crippen molar-refractivity contribution in [2.24, 2.45) is 5.73 Å². The first-order chi connectivity index (χ1) is 9.70. The van der Waals surface area contributed by atoms with Crippen molar-refractivity contribution >= 4 is 34.2 Å². The summed E-state index contributed by atoms with van der Waals surface area (Å²) in [5.74, 6) is -1.32. The first-order valence-electron chi connectivity index (χ1n) is 5.77. The molecular weight excluding hydrogens is 421 g/mol. The number of hydrogen-bond acceptors (Lipinski definition) is 1. The highest BCUT2D eigenvalue weighted by molar-refractivity contribution is 14.1. The number of nitrogens with two attached hydrogens (primary N) is 1. The molecule has 0 saturated heterocycles. The van der Waals surface area contributed by atoms with Gasteiger partial charge in [0.2, 0.25) is 0 Å². The molecular formula is C14H9ClF4IN. The minimum Gasteiger partial charge on any atom is -0.320 e. The number of hydrogen-bond donors (Lipinski definition) is 1. The predicted molar refractivity (Wildman–Crippen MR) is 81.6 cm³/mol. The van der Waals surface area contributed by atoms with E-state index in [-0.39, 0.29) is 5.56 Å². The van der Waals surface area contributed by atoms with Crippen LogP contribution in [-0.4, -0.2) is 0 Å². The topological polar surface area (TPSA) is 26.0 Å². The summed E-state index contributed by atoms with van der Waals surface area (Å²) < 4.78 is 52.3. The highest BCUT2D eigenvalue weighted by Gasteiger charge is 2.34. The zero-order valence-corrected chi connectivity index (χ0v) is 13.3. The van der Waals surface area contributed by atoms with E-state index >= 15 is 0 Å². The van der Waals surface area contributed by atoms with Crippen molar-refractivity contribution in [2.75, 3.05) is 0 Å². The minimum atomic E-state index is -4.76. The van der Waals surface area contributed by atoms with Gasteiger partial charge in [-0.15, -0.1) is 0 Å². The van der Waals surface area contributed by atoms with Gasteiger partial charge in [0.05, 0.1) is 11.6 Å². The Morgan fingerprint density at radius 3 is 2.38 bits per heavy atom. The van der Waals surface area contributed by atoms with Gasteiger partial charge in [0.15, 0.2) is 0 Å². The SMILES string of the molecule is NC(c1ccc(F)c(C(F)(F)F)c1)c1cc(Cl)ccc1I. The van der Waals surface area contributed by atoms with E-state index in [1.54, 1.807) is 18.2 Å². The van der Waals surface area contributed by atoms with E-state index in [9.17, 15) is 17.6 Å². The second-order valence-electron chi connectivity index (χ2n) is 4.38. The molecule has 2 aromatic carbocycles. The zero-order chi connectivity index (χ0) is 15.8. The summed E-state index contributed by atoms with van der Waals surface area (Å²) in [6.45, 7) is 0. The van der Waals surface area contributed by atoms with Crippen molar-refractivity contribution in [3.8, 4) is 0 Å². The molecule has 0 aromatic heterocycles. The summed E-state index contributed by atoms with van der Waals surface area (Å²) in [6.07, 6.45) is -4.76. The van der Waals surface area contributed by atoms with E-state index in [4.69, 9.17) is 17.3 Å². The van der Waals surface area contributed by atoms with E-state index in [0.717, 1.165) is 15.7 Å². The first kappa shape index (κ1) is 16.5. The highest BCUT2D eigenvalue weighted by Crippen LogP contribution is 2.34. The van der Waals surface area contributed by atoms with Gasteiger partial charge in [0, 0.05) is 8.59 Å². The fourth-order valence-corrected chi connectivity index (χ4v) is 2.74. The maximum Gasteiger partial charge on any atom is 0.419 e. The molecule has 2 aromatic rings. The summed E-state index contributed by atoms with van der Waals surface area (Å²) >= 11 is 7.89. The smallest absolute Gasteiger partial charge is 0.320 e. The normalized spacial score (nSPS) is 13.3. The summed E-state index contributed by atoms with van der Waals surface area (Å²) in [7, 11) is 0. The summed E-state index contributed by atoms with van der Waals surface area (Å²) in [5.41, 5.74) is 5.42. The molecule has 21 heavy (non-hydrogen) atoms. The van der Waals surface area contributed by atoms with Crippen molar-refractivity contribution < 1.29 is 17.6 Å². The Bertz CT molecular complexity index is 673. The lowest BCUT2D eigenvalue weighted by Gasteiger charge is -2.17. The Morgan fingerprint density at radius 2 is 1.76 bits per heavy atom. The second-order valence-corrected chi connectivity index (χ2v) is 5.98. The molecule has 112 valence electrons. The van der Waals surface area contributed by atoms with Crippen LogP contribution in [0.3, 0.4) is 0 Å². The van der Waals surface area contributed by atoms with E-state index in [2.05, 4.69) is 0 Å². The largest absolute Gasteiger partial charge is 0.419 e. The first-order valence-corrected chi connectivity index (χ1v) is 7.23. The van der Waals surface area contributed by atoms with Gasteiger partial charge in [-0.1, -0.05) is 17.7 Å². The molecule has 0 aliphatic heterocycles. The van der Waals surface area contributed by atoms with Crippen LogP contribution in [0.5, 0.6) is 0 Å². The van der Waals surface area contributed by atoms with Gasteiger partial charge in [-0.2, -0.15) is 13.2 Å². The van der Waals surface area contributed by atoms with Crippen LogP contribution in [-0.2, 0) is 6.18 Å². The maximum atomic E-state index is 13.3. The third kappa shape index (κ3) is 3.67. The number of benzene rings is 2. The molecule has 1 atom stereocenters. The minimum absolute atomic E-state index is 0.170. The molecule has 0 fully saturated rings. The molecule has 1 nitrogen and oxygen atoms in total. The highest BCUT2D eigenvalue weighted by atomic mass is 127. The van der Waals surface area contributed by atoms with Crippen molar-refractivity contribution in [3.63, 3.8) is 0 Å². The van der Waals surface area contributed by atoms with Crippen LogP contribution < -0.4 is 5.73 Å². The van der Waals surface area contributed by atoms with Crippen LogP contribution in [0.15, 0.2) is 36.4 Å². The van der Waals surface area contributed by atoms with Gasteiger partial charge >= 0.3 is 6.18 Å². The van der Waals surface area contributed by atoms with Crippen LogP contribution in [0.4, 0.5) is 17.6 Å². The van der Waals surface area contributed by atoms with Gasteiger partial charge in [-0.05, 0) is 64.0 Å². The maximum absolute atomic E-state index is 13.3. The monoisotopic (exact) mass is 429 g/mol. The summed E-state index contributed by atoms with van der Waals surface area (Å²) in [6, 6.07) is 6.89. The van der Waals surface area contributed by atoms with Crippen molar-refractivity contribution in [1.29, 1.82) is 0 Å². The Hall–Kier alpha value is -0.860. The molecule has 0 amide bonds. The van der Waals surface area contributed by atoms with Gasteiger partial charge in [0.25, 0.3) is 0 Å². The Balaban J connectivity index is 2.49. The fraction of sp³-hybridized carbons (Fsp3) is 0.143. The fourth-order valence-electron chi connectivity index (χ4n) is 1.89. The van der Waals surface area contributed by atoms with Gasteiger partial charge in [0.1, 0.15) is 5.82 Å². The van der Waals surface area contributed by atoms with Crippen LogP contribution in [0, 0.1) is 9.39 Å². The molecule has 0 bridgehead atoms. The molecule has 1 unspecified atom stereocenters. The second kappa shape index (κ2) is 6.10. The molecule has 0 aliphatic rings. The standard InChI is InChI=1S/C14H9ClF4IN/c15-8-2-4-12(20)9(6-8)13(21)7-1-3-11(16)10(5-7)14(17,18)19/h1-6,13H,21H2. The lowest BCUT2D eigenvalue weighted by molar-refractivity contribution is -0.140. The van der Waals surface area contributed by atoms with E-state index < -0.39 is 23.6 Å². The molecule has 2 N–H and O–H groups in total. The number of halogens is 6. The average Bonchev–Trinajstić information content (AvgIpc) is 2.40. The molecule has 0 heterocycles. The zero-order valence-electron chi connectivity index (χ0n) is 10.4. The van der Waals surface area contributed by atoms with Crippen LogP contribution in [0.2, 0.25) is 5.02 Å². The molecule has 0 saturated carbocycles. The Kier molecular flexibility index (Phi) is 4.79. The van der Waals surface area contributed by atoms with E-state index in [1.807, 2.05) is 22.6 Å². The Morgan fingerprint density at radius 1 is 1.10 bits per heavy atom. The van der Waals surface area contributed by atoms with Crippen molar-refractivity contribution in [1.82, 2.24) is 0 Å². The third-order valence-electron chi connectivity index (χ3n) is 2.95. The van der Waals surface area contributed by atoms with Crippen LogP contribution in [0.1, 0.15) is 22.7 Å². The number of alkyl halides is 3. The summed E-state index contributed by atoms with van der Waals surface area (Å²) in [4.78, 5) is 0. The van der Waals surface area contributed by atoms with E-state index in [1.165, 1.54) is 6.07 Å². The predicted octanol–water partition coefficient (Wildman–Crippen LogP) is 5.15. The van der Waals surface area contributed by atoms with Gasteiger partial charge in [-0.3, -0.25) is 0 Å². The Labute approximate surface area is 137 Å². The van der Waals surface area contributed by atoms with Crippen molar-refractivity contribution in [3.05, 3.63) is 67.5 Å². The molecule has 0 radical (unpaired) electrons. The average molecular weight is 430 g/mol. The van der Waals surface area contributed by atoms with Crippen LogP contribution in [0.25, 0.3) is 0 Å². The quantitative estimate of drug-likeness (QED) is 0.519. The lowest BCUT2D eigenvalue weighted by Crippen LogP contribution is -2.16. The van der Waals surface area contributed by atoms with E-state index in [0.29, 0.717) is 10.6 Å². The molecule has 0 spiro atoms. The molecule has 0 aliphatic carbocycles. The summed E-state index contributed by atoms with van der Waals surface area (Å²) in [5, 5.41) is 0.430. The van der Waals surface area contributed by atoms with Crippen molar-refractivity contribution in [2.45, 2.75) is 12.2 Å². The van der Waals surface area contributed by atoms with Gasteiger partial charge in [-0.25, -0.2) is 4.39 Å². The van der Waals surface area contributed by atoms with Crippen LogP contribution >= 0.6 is 34.2 Å². The lowest BCUT2D eigenvalue weighted by atomic mass is 9.97. The molecule has 2 rings (SSSR count). The van der Waals surface area contributed by atoms with Gasteiger partial charge < -0.3 is 5.73 Å². The third-order valence-corrected chi connectivity index (χ3v) is 4.17. The number of rotatable bonds is 2. The molecule has 7 heteroatoms.